The molecule has 1 atom stereocenters. The molecule has 2 aromatic carbocycles. The lowest BCUT2D eigenvalue weighted by Crippen LogP contribution is -2.17. The van der Waals surface area contributed by atoms with Gasteiger partial charge < -0.3 is 15.2 Å². The summed E-state index contributed by atoms with van der Waals surface area (Å²) in [5.74, 6) is -0.169. The summed E-state index contributed by atoms with van der Waals surface area (Å²) in [5, 5.41) is 12.8. The Morgan fingerprint density at radius 3 is 2.48 bits per heavy atom. The Bertz CT molecular complexity index is 614. The third-order valence-corrected chi connectivity index (χ3v) is 2.85. The molecular formula is C15H14F3NO2. The first-order chi connectivity index (χ1) is 9.85. The van der Waals surface area contributed by atoms with Gasteiger partial charge in [0.15, 0.2) is 0 Å². The van der Waals surface area contributed by atoms with Gasteiger partial charge in [-0.15, -0.1) is 13.2 Å². The minimum absolute atomic E-state index is 0.125. The van der Waals surface area contributed by atoms with Crippen LogP contribution in [0.5, 0.6) is 11.5 Å². The summed E-state index contributed by atoms with van der Waals surface area (Å²) in [7, 11) is 0. The second-order valence-corrected chi connectivity index (χ2v) is 4.50. The molecule has 0 saturated heterocycles. The summed E-state index contributed by atoms with van der Waals surface area (Å²) in [4.78, 5) is 0. The second kappa shape index (κ2) is 5.95. The van der Waals surface area contributed by atoms with Crippen molar-refractivity contribution in [2.45, 2.75) is 19.3 Å². The molecule has 0 aliphatic heterocycles. The molecule has 3 nitrogen and oxygen atoms in total. The lowest BCUT2D eigenvalue weighted by Gasteiger charge is -2.17. The number of phenolic OH excluding ortho intramolecular Hbond substituents is 1. The van der Waals surface area contributed by atoms with Crippen molar-refractivity contribution in [2.75, 3.05) is 5.32 Å². The Kier molecular flexibility index (Phi) is 4.26. The molecule has 0 fully saturated rings. The molecule has 0 radical (unpaired) electrons. The van der Waals surface area contributed by atoms with Gasteiger partial charge in [-0.05, 0) is 25.1 Å². The summed E-state index contributed by atoms with van der Waals surface area (Å²) in [6.45, 7) is 1.80. The van der Waals surface area contributed by atoms with Gasteiger partial charge in [0.2, 0.25) is 0 Å². The number of ether oxygens (including phenoxy) is 1. The maximum Gasteiger partial charge on any atom is 0.573 e. The number of phenols is 1. The van der Waals surface area contributed by atoms with E-state index < -0.39 is 6.36 Å². The molecule has 0 saturated carbocycles. The highest BCUT2D eigenvalue weighted by atomic mass is 19.4. The molecule has 6 heteroatoms. The summed E-state index contributed by atoms with van der Waals surface area (Å²) in [5.41, 5.74) is 1.12. The fourth-order valence-corrected chi connectivity index (χ4v) is 1.96. The number of anilines is 1. The zero-order chi connectivity index (χ0) is 15.5. The van der Waals surface area contributed by atoms with Gasteiger partial charge in [-0.1, -0.05) is 24.3 Å². The number of hydrogen-bond donors (Lipinski definition) is 2. The molecule has 1 unspecified atom stereocenters. The Morgan fingerprint density at radius 1 is 1.10 bits per heavy atom. The van der Waals surface area contributed by atoms with Crippen LogP contribution in [0.1, 0.15) is 18.5 Å². The van der Waals surface area contributed by atoms with Gasteiger partial charge in [-0.3, -0.25) is 0 Å². The number of rotatable bonds is 4. The van der Waals surface area contributed by atoms with E-state index in [0.717, 1.165) is 0 Å². The Morgan fingerprint density at radius 2 is 1.81 bits per heavy atom. The van der Waals surface area contributed by atoms with E-state index in [1.807, 2.05) is 0 Å². The number of para-hydroxylation sites is 1. The molecule has 2 aromatic rings. The molecule has 0 bridgehead atoms. The van der Waals surface area contributed by atoms with Crippen LogP contribution in [0.3, 0.4) is 0 Å². The molecule has 0 amide bonds. The highest BCUT2D eigenvalue weighted by Crippen LogP contribution is 2.29. The highest BCUT2D eigenvalue weighted by molar-refractivity contribution is 5.51. The van der Waals surface area contributed by atoms with Gasteiger partial charge in [0, 0.05) is 17.3 Å². The second-order valence-electron chi connectivity index (χ2n) is 4.50. The van der Waals surface area contributed by atoms with Crippen LogP contribution in [-0.4, -0.2) is 11.5 Å². The van der Waals surface area contributed by atoms with Gasteiger partial charge in [0.05, 0.1) is 6.04 Å². The van der Waals surface area contributed by atoms with Crippen LogP contribution in [0.15, 0.2) is 48.5 Å². The van der Waals surface area contributed by atoms with Gasteiger partial charge in [-0.25, -0.2) is 0 Å². The Hall–Kier alpha value is -2.37. The number of halogens is 3. The van der Waals surface area contributed by atoms with Crippen molar-refractivity contribution in [3.8, 4) is 11.5 Å². The van der Waals surface area contributed by atoms with Crippen LogP contribution in [0.25, 0.3) is 0 Å². The van der Waals surface area contributed by atoms with E-state index >= 15 is 0 Å². The Balaban J connectivity index is 2.13. The molecule has 2 rings (SSSR count). The van der Waals surface area contributed by atoms with E-state index in [9.17, 15) is 18.3 Å². The molecule has 0 heterocycles. The Labute approximate surface area is 120 Å². The fourth-order valence-electron chi connectivity index (χ4n) is 1.96. The van der Waals surface area contributed by atoms with Gasteiger partial charge in [0.1, 0.15) is 11.5 Å². The zero-order valence-corrected chi connectivity index (χ0v) is 11.2. The van der Waals surface area contributed by atoms with E-state index in [1.54, 1.807) is 37.3 Å². The van der Waals surface area contributed by atoms with Crippen molar-refractivity contribution < 1.29 is 23.0 Å². The molecule has 0 aliphatic carbocycles. The number of hydrogen-bond acceptors (Lipinski definition) is 3. The van der Waals surface area contributed by atoms with Crippen LogP contribution in [0, 0.1) is 0 Å². The highest BCUT2D eigenvalue weighted by Gasteiger charge is 2.31. The molecule has 21 heavy (non-hydrogen) atoms. The molecule has 2 N–H and O–H groups in total. The van der Waals surface area contributed by atoms with Crippen LogP contribution in [0.4, 0.5) is 18.9 Å². The zero-order valence-electron chi connectivity index (χ0n) is 11.2. The minimum Gasteiger partial charge on any atom is -0.508 e. The average molecular weight is 297 g/mol. The number of alkyl halides is 3. The summed E-state index contributed by atoms with van der Waals surface area (Å²) >= 11 is 0. The van der Waals surface area contributed by atoms with Gasteiger partial charge in [0.25, 0.3) is 0 Å². The first-order valence-corrected chi connectivity index (χ1v) is 6.25. The summed E-state index contributed by atoms with van der Waals surface area (Å²) < 4.78 is 40.4. The van der Waals surface area contributed by atoms with E-state index in [0.29, 0.717) is 11.3 Å². The van der Waals surface area contributed by atoms with E-state index in [-0.39, 0.29) is 17.5 Å². The van der Waals surface area contributed by atoms with Gasteiger partial charge in [-0.2, -0.15) is 0 Å². The molecule has 0 aliphatic rings. The maximum absolute atomic E-state index is 12.2. The van der Waals surface area contributed by atoms with E-state index in [1.165, 1.54) is 18.2 Å². The van der Waals surface area contributed by atoms with Crippen molar-refractivity contribution >= 4 is 5.69 Å². The average Bonchev–Trinajstić information content (AvgIpc) is 2.37. The maximum atomic E-state index is 12.2. The lowest BCUT2D eigenvalue weighted by atomic mass is 10.1. The van der Waals surface area contributed by atoms with Crippen molar-refractivity contribution in [2.24, 2.45) is 0 Å². The molecule has 112 valence electrons. The van der Waals surface area contributed by atoms with Crippen molar-refractivity contribution in [1.29, 1.82) is 0 Å². The molecule has 0 aromatic heterocycles. The standard InChI is InChI=1S/C15H14F3NO2/c1-10(13-7-2-3-8-14(13)20)19-11-5-4-6-12(9-11)21-15(16,17)18/h2-10,19-20H,1H3. The largest absolute Gasteiger partial charge is 0.573 e. The van der Waals surface area contributed by atoms with Crippen molar-refractivity contribution in [1.82, 2.24) is 0 Å². The van der Waals surface area contributed by atoms with Crippen LogP contribution >= 0.6 is 0 Å². The van der Waals surface area contributed by atoms with Crippen molar-refractivity contribution in [3.05, 3.63) is 54.1 Å². The monoisotopic (exact) mass is 297 g/mol. The topological polar surface area (TPSA) is 41.5 Å². The normalized spacial score (nSPS) is 12.8. The number of aromatic hydroxyl groups is 1. The third-order valence-electron chi connectivity index (χ3n) is 2.85. The van der Waals surface area contributed by atoms with Crippen LogP contribution < -0.4 is 10.1 Å². The molecular weight excluding hydrogens is 283 g/mol. The summed E-state index contributed by atoms with van der Waals surface area (Å²) in [6.07, 6.45) is -4.72. The predicted molar refractivity (Wildman–Crippen MR) is 73.3 cm³/mol. The predicted octanol–water partition coefficient (Wildman–Crippen LogP) is 4.46. The van der Waals surface area contributed by atoms with Gasteiger partial charge >= 0.3 is 6.36 Å². The smallest absolute Gasteiger partial charge is 0.508 e. The van der Waals surface area contributed by atoms with E-state index in [2.05, 4.69) is 10.1 Å². The first kappa shape index (κ1) is 15.0. The first-order valence-electron chi connectivity index (χ1n) is 6.25. The van der Waals surface area contributed by atoms with Crippen LogP contribution in [0.2, 0.25) is 0 Å². The number of nitrogens with one attached hydrogen (secondary N) is 1. The van der Waals surface area contributed by atoms with Crippen molar-refractivity contribution in [3.63, 3.8) is 0 Å². The SMILES string of the molecule is CC(Nc1cccc(OC(F)(F)F)c1)c1ccccc1O. The minimum atomic E-state index is -4.72. The fraction of sp³-hybridized carbons (Fsp3) is 0.200. The number of benzene rings is 2. The summed E-state index contributed by atoms with van der Waals surface area (Å²) in [6, 6.07) is 12.1. The quantitative estimate of drug-likeness (QED) is 0.875. The van der Waals surface area contributed by atoms with Crippen LogP contribution in [-0.2, 0) is 0 Å². The molecule has 0 spiro atoms. The third kappa shape index (κ3) is 4.30. The lowest BCUT2D eigenvalue weighted by molar-refractivity contribution is -0.274. The van der Waals surface area contributed by atoms with E-state index in [4.69, 9.17) is 0 Å².